The molecule has 0 aliphatic carbocycles. The number of methoxy groups -OCH3 is 1. The zero-order chi connectivity index (χ0) is 17.2. The Morgan fingerprint density at radius 2 is 1.65 bits per heavy atom. The fourth-order valence-corrected chi connectivity index (χ4v) is 3.60. The van der Waals surface area contributed by atoms with Crippen molar-refractivity contribution in [2.75, 3.05) is 11.8 Å². The lowest BCUT2D eigenvalue weighted by atomic mass is 10.2. The van der Waals surface area contributed by atoms with Gasteiger partial charge in [0.2, 0.25) is 0 Å². The summed E-state index contributed by atoms with van der Waals surface area (Å²) in [6, 6.07) is 8.06. The molecule has 0 amide bonds. The number of halogens is 3. The zero-order valence-electron chi connectivity index (χ0n) is 11.6. The third kappa shape index (κ3) is 4.09. The molecule has 2 rings (SSSR count). The van der Waals surface area contributed by atoms with Gasteiger partial charge in [0, 0.05) is 0 Å². The third-order valence-corrected chi connectivity index (χ3v) is 5.42. The molecule has 9 heteroatoms. The lowest BCUT2D eigenvalue weighted by Crippen LogP contribution is -2.14. The summed E-state index contributed by atoms with van der Waals surface area (Å²) >= 11 is 17.6. The molecular weight excluding hydrogens is 385 g/mol. The average Bonchev–Trinajstić information content (AvgIpc) is 2.50. The van der Waals surface area contributed by atoms with Crippen LogP contribution in [0.1, 0.15) is 10.4 Å². The number of ether oxygens (including phenoxy) is 1. The first-order chi connectivity index (χ1) is 10.7. The van der Waals surface area contributed by atoms with Crippen LogP contribution in [0.5, 0.6) is 0 Å². The molecule has 1 N–H and O–H groups in total. The Morgan fingerprint density at radius 1 is 1.00 bits per heavy atom. The molecule has 0 atom stereocenters. The first-order valence-corrected chi connectivity index (χ1v) is 8.72. The number of anilines is 1. The Bertz CT molecular complexity index is 868. The van der Waals surface area contributed by atoms with E-state index in [0.717, 1.165) is 6.07 Å². The van der Waals surface area contributed by atoms with Gasteiger partial charge in [-0.15, -0.1) is 0 Å². The van der Waals surface area contributed by atoms with Gasteiger partial charge in [0.25, 0.3) is 10.0 Å². The Kier molecular flexibility index (Phi) is 5.41. The van der Waals surface area contributed by atoms with E-state index in [1.807, 2.05) is 0 Å². The molecule has 0 fully saturated rings. The second kappa shape index (κ2) is 6.97. The van der Waals surface area contributed by atoms with E-state index in [2.05, 4.69) is 9.46 Å². The van der Waals surface area contributed by atoms with Crippen molar-refractivity contribution in [1.29, 1.82) is 0 Å². The summed E-state index contributed by atoms with van der Waals surface area (Å²) in [5.74, 6) is -0.673. The molecule has 0 saturated heterocycles. The predicted octanol–water partition coefficient (Wildman–Crippen LogP) is 4.23. The van der Waals surface area contributed by atoms with Crippen molar-refractivity contribution in [3.05, 3.63) is 57.0 Å². The van der Waals surface area contributed by atoms with Crippen molar-refractivity contribution < 1.29 is 17.9 Å². The number of esters is 1. The van der Waals surface area contributed by atoms with Crippen molar-refractivity contribution in [2.24, 2.45) is 0 Å². The van der Waals surface area contributed by atoms with Crippen LogP contribution in [-0.4, -0.2) is 21.5 Å². The first kappa shape index (κ1) is 17.9. The molecule has 2 aromatic rings. The van der Waals surface area contributed by atoms with E-state index in [1.54, 1.807) is 0 Å². The van der Waals surface area contributed by atoms with Crippen molar-refractivity contribution in [3.63, 3.8) is 0 Å². The molecular formula is C14H10Cl3NO4S. The molecule has 0 aromatic heterocycles. The van der Waals surface area contributed by atoms with E-state index in [-0.39, 0.29) is 26.2 Å². The van der Waals surface area contributed by atoms with Crippen LogP contribution >= 0.6 is 34.8 Å². The van der Waals surface area contributed by atoms with Crippen molar-refractivity contribution in [3.8, 4) is 0 Å². The monoisotopic (exact) mass is 393 g/mol. The van der Waals surface area contributed by atoms with Gasteiger partial charge in [0.05, 0.1) is 33.4 Å². The van der Waals surface area contributed by atoms with Gasteiger partial charge in [-0.25, -0.2) is 13.2 Å². The largest absolute Gasteiger partial charge is 0.465 e. The van der Waals surface area contributed by atoms with Crippen LogP contribution in [-0.2, 0) is 14.8 Å². The maximum Gasteiger partial charge on any atom is 0.337 e. The summed E-state index contributed by atoms with van der Waals surface area (Å²) in [6.07, 6.45) is 0. The molecule has 0 spiro atoms. The predicted molar refractivity (Wildman–Crippen MR) is 90.1 cm³/mol. The van der Waals surface area contributed by atoms with E-state index in [9.17, 15) is 13.2 Å². The maximum atomic E-state index is 12.5. The van der Waals surface area contributed by atoms with Gasteiger partial charge >= 0.3 is 5.97 Å². The van der Waals surface area contributed by atoms with Gasteiger partial charge in [-0.05, 0) is 36.4 Å². The maximum absolute atomic E-state index is 12.5. The minimum Gasteiger partial charge on any atom is -0.465 e. The number of hydrogen-bond acceptors (Lipinski definition) is 4. The normalized spacial score (nSPS) is 11.1. The van der Waals surface area contributed by atoms with Gasteiger partial charge in [-0.2, -0.15) is 0 Å². The fraction of sp³-hybridized carbons (Fsp3) is 0.0714. The minimum atomic E-state index is -4.03. The molecule has 0 bridgehead atoms. The van der Waals surface area contributed by atoms with E-state index < -0.39 is 16.0 Å². The van der Waals surface area contributed by atoms with Crippen LogP contribution in [0.3, 0.4) is 0 Å². The number of nitrogens with one attached hydrogen (secondary N) is 1. The van der Waals surface area contributed by atoms with Gasteiger partial charge in [-0.3, -0.25) is 4.72 Å². The van der Waals surface area contributed by atoms with Gasteiger partial charge < -0.3 is 4.74 Å². The summed E-state index contributed by atoms with van der Waals surface area (Å²) in [5, 5.41) is 0.451. The highest BCUT2D eigenvalue weighted by Gasteiger charge is 2.21. The SMILES string of the molecule is COC(=O)c1ccc(Cl)c(S(=O)(=O)Nc2ccc(Cl)c(Cl)c2)c1. The number of carbonyl (C=O) groups is 1. The Balaban J connectivity index is 2.42. The molecule has 0 aliphatic heterocycles. The van der Waals surface area contributed by atoms with Gasteiger partial charge in [0.1, 0.15) is 4.90 Å². The van der Waals surface area contributed by atoms with Gasteiger partial charge in [0.15, 0.2) is 0 Å². The van der Waals surface area contributed by atoms with E-state index in [4.69, 9.17) is 34.8 Å². The highest BCUT2D eigenvalue weighted by Crippen LogP contribution is 2.29. The molecule has 122 valence electrons. The average molecular weight is 395 g/mol. The Morgan fingerprint density at radius 3 is 2.26 bits per heavy atom. The second-order valence-electron chi connectivity index (χ2n) is 4.37. The molecule has 0 saturated carbocycles. The van der Waals surface area contributed by atoms with Crippen molar-refractivity contribution in [1.82, 2.24) is 0 Å². The van der Waals surface area contributed by atoms with Crippen LogP contribution in [0.15, 0.2) is 41.3 Å². The molecule has 2 aromatic carbocycles. The van der Waals surface area contributed by atoms with E-state index >= 15 is 0 Å². The van der Waals surface area contributed by atoms with Crippen LogP contribution in [0.2, 0.25) is 15.1 Å². The summed E-state index contributed by atoms with van der Waals surface area (Å²) in [7, 11) is -2.84. The van der Waals surface area contributed by atoms with Crippen LogP contribution in [0.25, 0.3) is 0 Å². The lowest BCUT2D eigenvalue weighted by molar-refractivity contribution is 0.0600. The Labute approximate surface area is 148 Å². The van der Waals surface area contributed by atoms with Crippen LogP contribution < -0.4 is 4.72 Å². The molecule has 0 unspecified atom stereocenters. The van der Waals surface area contributed by atoms with Crippen LogP contribution in [0, 0.1) is 0 Å². The molecule has 0 heterocycles. The molecule has 0 aliphatic rings. The zero-order valence-corrected chi connectivity index (χ0v) is 14.7. The van der Waals surface area contributed by atoms with E-state index in [1.165, 1.54) is 37.4 Å². The quantitative estimate of drug-likeness (QED) is 0.788. The summed E-state index contributed by atoms with van der Waals surface area (Å²) < 4.78 is 31.8. The van der Waals surface area contributed by atoms with Crippen LogP contribution in [0.4, 0.5) is 5.69 Å². The lowest BCUT2D eigenvalue weighted by Gasteiger charge is -2.11. The minimum absolute atomic E-state index is 0.0368. The number of hydrogen-bond donors (Lipinski definition) is 1. The third-order valence-electron chi connectivity index (χ3n) is 2.81. The molecule has 23 heavy (non-hydrogen) atoms. The van der Waals surface area contributed by atoms with Crippen molar-refractivity contribution in [2.45, 2.75) is 4.90 Å². The van der Waals surface area contributed by atoms with Gasteiger partial charge in [-0.1, -0.05) is 34.8 Å². The molecule has 5 nitrogen and oxygen atoms in total. The summed E-state index contributed by atoms with van der Waals surface area (Å²) in [6.45, 7) is 0. The second-order valence-corrected chi connectivity index (χ2v) is 7.24. The Hall–Kier alpha value is -1.47. The number of carbonyl (C=O) groups excluding carboxylic acids is 1. The highest BCUT2D eigenvalue weighted by atomic mass is 35.5. The fourth-order valence-electron chi connectivity index (χ4n) is 1.72. The topological polar surface area (TPSA) is 72.5 Å². The first-order valence-electron chi connectivity index (χ1n) is 6.10. The summed E-state index contributed by atoms with van der Waals surface area (Å²) in [5.41, 5.74) is 0.269. The molecule has 0 radical (unpaired) electrons. The number of rotatable bonds is 4. The standard InChI is InChI=1S/C14H10Cl3NO4S/c1-22-14(19)8-2-4-11(16)13(6-8)23(20,21)18-9-3-5-10(15)12(17)7-9/h2-7,18H,1H3. The summed E-state index contributed by atoms with van der Waals surface area (Å²) in [4.78, 5) is 11.3. The number of sulfonamides is 1. The smallest absolute Gasteiger partial charge is 0.337 e. The van der Waals surface area contributed by atoms with E-state index in [0.29, 0.717) is 5.02 Å². The number of benzene rings is 2. The highest BCUT2D eigenvalue weighted by molar-refractivity contribution is 7.92. The van der Waals surface area contributed by atoms with Crippen molar-refractivity contribution >= 4 is 56.5 Å².